The molecule has 1 fully saturated rings. The minimum atomic E-state index is -0.486. The summed E-state index contributed by atoms with van der Waals surface area (Å²) in [7, 11) is 4.96. The molecular weight excluding hydrogens is 418 g/mol. The fourth-order valence-electron chi connectivity index (χ4n) is 5.10. The number of likely N-dealkylation sites (N-methyl/N-ethyl adjacent to an activating group) is 1. The average Bonchev–Trinajstić information content (AvgIpc) is 2.86. The van der Waals surface area contributed by atoms with Gasteiger partial charge in [0.1, 0.15) is 0 Å². The molecule has 176 valence electrons. The van der Waals surface area contributed by atoms with Gasteiger partial charge in [-0.25, -0.2) is 0 Å². The van der Waals surface area contributed by atoms with Crippen molar-refractivity contribution in [3.63, 3.8) is 0 Å². The van der Waals surface area contributed by atoms with Crippen molar-refractivity contribution in [2.24, 2.45) is 0 Å². The first kappa shape index (κ1) is 23.1. The molecule has 2 aliphatic rings. The topological polar surface area (TPSA) is 62.3 Å². The van der Waals surface area contributed by atoms with Crippen molar-refractivity contribution in [1.82, 2.24) is 14.7 Å². The highest BCUT2D eigenvalue weighted by Gasteiger charge is 2.44. The van der Waals surface area contributed by atoms with E-state index in [1.807, 2.05) is 47.4 Å². The van der Waals surface area contributed by atoms with Crippen molar-refractivity contribution in [2.45, 2.75) is 25.3 Å². The first-order valence-electron chi connectivity index (χ1n) is 11.6. The predicted molar refractivity (Wildman–Crippen MR) is 127 cm³/mol. The molecule has 2 aliphatic heterocycles. The lowest BCUT2D eigenvalue weighted by molar-refractivity contribution is -0.136. The fourth-order valence-corrected chi connectivity index (χ4v) is 5.10. The second-order valence-corrected chi connectivity index (χ2v) is 8.71. The third kappa shape index (κ3) is 4.29. The molecule has 0 bridgehead atoms. The summed E-state index contributed by atoms with van der Waals surface area (Å²) in [5.41, 5.74) is 2.24. The molecule has 0 radical (unpaired) electrons. The van der Waals surface area contributed by atoms with Crippen molar-refractivity contribution in [3.05, 3.63) is 59.2 Å². The minimum Gasteiger partial charge on any atom is -0.493 e. The van der Waals surface area contributed by atoms with E-state index in [4.69, 9.17) is 9.47 Å². The minimum absolute atomic E-state index is 0.0673. The molecule has 7 nitrogen and oxygen atoms in total. The van der Waals surface area contributed by atoms with Crippen LogP contribution in [0.3, 0.4) is 0 Å². The quantitative estimate of drug-likeness (QED) is 0.675. The third-order valence-electron chi connectivity index (χ3n) is 6.82. The predicted octanol–water partition coefficient (Wildman–Crippen LogP) is 3.17. The van der Waals surface area contributed by atoms with E-state index in [0.29, 0.717) is 30.2 Å². The second-order valence-electron chi connectivity index (χ2n) is 8.71. The zero-order valence-electron chi connectivity index (χ0n) is 19.9. The number of hydrogen-bond acceptors (Lipinski definition) is 5. The molecule has 2 unspecified atom stereocenters. The van der Waals surface area contributed by atoms with Crippen LogP contribution in [0.25, 0.3) is 0 Å². The molecule has 2 atom stereocenters. The van der Waals surface area contributed by atoms with Crippen molar-refractivity contribution in [2.75, 3.05) is 54.0 Å². The van der Waals surface area contributed by atoms with Crippen LogP contribution in [0.5, 0.6) is 11.5 Å². The van der Waals surface area contributed by atoms with Crippen LogP contribution in [0.4, 0.5) is 0 Å². The summed E-state index contributed by atoms with van der Waals surface area (Å²) < 4.78 is 10.9. The lowest BCUT2D eigenvalue weighted by atomic mass is 9.79. The van der Waals surface area contributed by atoms with Gasteiger partial charge in [-0.15, -0.1) is 0 Å². The van der Waals surface area contributed by atoms with Gasteiger partial charge in [0, 0.05) is 38.8 Å². The number of carbonyl (C=O) groups is 2. The molecule has 2 amide bonds. The van der Waals surface area contributed by atoms with E-state index in [9.17, 15) is 9.59 Å². The van der Waals surface area contributed by atoms with E-state index in [1.54, 1.807) is 26.2 Å². The van der Waals surface area contributed by atoms with Gasteiger partial charge in [-0.3, -0.25) is 14.5 Å². The molecule has 7 heteroatoms. The summed E-state index contributed by atoms with van der Waals surface area (Å²) in [6.07, 6.45) is 1.11. The molecule has 33 heavy (non-hydrogen) atoms. The van der Waals surface area contributed by atoms with Crippen molar-refractivity contribution >= 4 is 11.8 Å². The van der Waals surface area contributed by atoms with Crippen LogP contribution in [0, 0.1) is 0 Å². The van der Waals surface area contributed by atoms with Gasteiger partial charge in [0.15, 0.2) is 11.5 Å². The summed E-state index contributed by atoms with van der Waals surface area (Å²) in [4.78, 5) is 33.3. The Morgan fingerprint density at radius 1 is 1.00 bits per heavy atom. The number of amides is 2. The standard InChI is InChI=1S/C26H33N3O4/c1-5-12-28-13-15-29(16-14-28)26(31)23-19-8-6-7-9-20(19)25(30)27(2)24(23)18-10-11-21(32-3)22(17-18)33-4/h6-11,17,23-24H,5,12-16H2,1-4H3. The number of fused-ring (bicyclic) bond motifs is 1. The van der Waals surface area contributed by atoms with Gasteiger partial charge < -0.3 is 19.3 Å². The Balaban J connectivity index is 1.74. The van der Waals surface area contributed by atoms with Crippen molar-refractivity contribution in [3.8, 4) is 11.5 Å². The molecule has 0 aliphatic carbocycles. The molecule has 0 aromatic heterocycles. The molecule has 0 saturated carbocycles. The van der Waals surface area contributed by atoms with Gasteiger partial charge in [-0.1, -0.05) is 31.2 Å². The number of rotatable bonds is 6. The van der Waals surface area contributed by atoms with Crippen LogP contribution < -0.4 is 9.47 Å². The zero-order valence-corrected chi connectivity index (χ0v) is 19.9. The summed E-state index contributed by atoms with van der Waals surface area (Å²) in [6.45, 7) is 6.39. The van der Waals surface area contributed by atoms with Gasteiger partial charge in [0.25, 0.3) is 5.91 Å². The van der Waals surface area contributed by atoms with Gasteiger partial charge in [0.05, 0.1) is 26.2 Å². The molecular formula is C26H33N3O4. The van der Waals surface area contributed by atoms with Crippen LogP contribution in [0.2, 0.25) is 0 Å². The van der Waals surface area contributed by atoms with Gasteiger partial charge in [0.2, 0.25) is 5.91 Å². The molecule has 2 aromatic rings. The Hall–Kier alpha value is -3.06. The highest BCUT2D eigenvalue weighted by atomic mass is 16.5. The molecule has 1 saturated heterocycles. The van der Waals surface area contributed by atoms with E-state index in [2.05, 4.69) is 11.8 Å². The largest absolute Gasteiger partial charge is 0.493 e. The lowest BCUT2D eigenvalue weighted by Gasteiger charge is -2.43. The maximum absolute atomic E-state index is 14.0. The van der Waals surface area contributed by atoms with E-state index in [0.717, 1.165) is 37.2 Å². The normalized spacial score (nSPS) is 21.0. The number of ether oxygens (including phenoxy) is 2. The number of benzene rings is 2. The molecule has 0 spiro atoms. The van der Waals surface area contributed by atoms with Gasteiger partial charge in [-0.2, -0.15) is 0 Å². The SMILES string of the molecule is CCCN1CCN(C(=O)C2c3ccccc3C(=O)N(C)C2c2ccc(OC)c(OC)c2)CC1. The first-order chi connectivity index (χ1) is 16.0. The van der Waals surface area contributed by atoms with E-state index >= 15 is 0 Å². The maximum Gasteiger partial charge on any atom is 0.254 e. The lowest BCUT2D eigenvalue weighted by Crippen LogP contribution is -2.53. The number of carbonyl (C=O) groups excluding carboxylic acids is 2. The zero-order chi connectivity index (χ0) is 23.5. The molecule has 2 aromatic carbocycles. The van der Waals surface area contributed by atoms with E-state index < -0.39 is 12.0 Å². The Morgan fingerprint density at radius 3 is 2.36 bits per heavy atom. The van der Waals surface area contributed by atoms with Crippen LogP contribution in [-0.2, 0) is 4.79 Å². The Bertz CT molecular complexity index is 1020. The maximum atomic E-state index is 14.0. The van der Waals surface area contributed by atoms with Gasteiger partial charge in [-0.05, 0) is 42.3 Å². The monoisotopic (exact) mass is 451 g/mol. The summed E-state index contributed by atoms with van der Waals surface area (Å²) in [6, 6.07) is 12.7. The third-order valence-corrected chi connectivity index (χ3v) is 6.82. The first-order valence-corrected chi connectivity index (χ1v) is 11.6. The highest BCUT2D eigenvalue weighted by molar-refractivity contribution is 6.01. The number of hydrogen-bond donors (Lipinski definition) is 0. The number of piperazine rings is 1. The van der Waals surface area contributed by atoms with Crippen LogP contribution in [0.1, 0.15) is 46.8 Å². The van der Waals surface area contributed by atoms with Crippen molar-refractivity contribution in [1.29, 1.82) is 0 Å². The number of nitrogens with zero attached hydrogens (tertiary/aromatic N) is 3. The summed E-state index contributed by atoms with van der Waals surface area (Å²) >= 11 is 0. The number of methoxy groups -OCH3 is 2. The van der Waals surface area contributed by atoms with Crippen LogP contribution in [0.15, 0.2) is 42.5 Å². The van der Waals surface area contributed by atoms with Gasteiger partial charge >= 0.3 is 0 Å². The molecule has 2 heterocycles. The van der Waals surface area contributed by atoms with Crippen molar-refractivity contribution < 1.29 is 19.1 Å². The second kappa shape index (κ2) is 9.83. The average molecular weight is 452 g/mol. The Labute approximate surface area is 195 Å². The smallest absolute Gasteiger partial charge is 0.254 e. The fraction of sp³-hybridized carbons (Fsp3) is 0.462. The van der Waals surface area contributed by atoms with E-state index in [-0.39, 0.29) is 11.8 Å². The molecule has 0 N–H and O–H groups in total. The summed E-state index contributed by atoms with van der Waals surface area (Å²) in [5, 5.41) is 0. The van der Waals surface area contributed by atoms with Crippen LogP contribution >= 0.6 is 0 Å². The Morgan fingerprint density at radius 2 is 1.70 bits per heavy atom. The molecule has 4 rings (SSSR count). The van der Waals surface area contributed by atoms with Crippen LogP contribution in [-0.4, -0.2) is 80.5 Å². The highest BCUT2D eigenvalue weighted by Crippen LogP contribution is 2.44. The van der Waals surface area contributed by atoms with E-state index in [1.165, 1.54) is 0 Å². The Kier molecular flexibility index (Phi) is 6.88. The summed E-state index contributed by atoms with van der Waals surface area (Å²) in [5.74, 6) is 0.690.